The molecule has 0 saturated heterocycles. The molecule has 4 aliphatic carbocycles. The number of hydrogen-bond donors (Lipinski definition) is 2. The molecule has 0 spiro atoms. The summed E-state index contributed by atoms with van der Waals surface area (Å²) in [4.78, 5) is 24.9. The molecule has 0 amide bonds. The molecular weight excluding hydrogens is 292 g/mol. The van der Waals surface area contributed by atoms with E-state index in [1.165, 1.54) is 0 Å². The van der Waals surface area contributed by atoms with Crippen LogP contribution in [-0.2, 0) is 9.59 Å². The number of allylic oxidation sites excluding steroid dienone is 1. The van der Waals surface area contributed by atoms with Crippen LogP contribution in [0.25, 0.3) is 0 Å². The quantitative estimate of drug-likeness (QED) is 0.726. The summed E-state index contributed by atoms with van der Waals surface area (Å²) in [6, 6.07) is 0. The van der Waals surface area contributed by atoms with Crippen molar-refractivity contribution in [1.82, 2.24) is 0 Å². The Labute approximate surface area is 137 Å². The third-order valence-electron chi connectivity index (χ3n) is 7.69. The molecule has 126 valence electrons. The molecule has 23 heavy (non-hydrogen) atoms. The molecule has 4 rings (SSSR count). The van der Waals surface area contributed by atoms with E-state index in [1.54, 1.807) is 6.08 Å². The van der Waals surface area contributed by atoms with Crippen molar-refractivity contribution < 1.29 is 19.8 Å². The lowest BCUT2D eigenvalue weighted by molar-refractivity contribution is -0.140. The number of Topliss-reactive ketones (excluding diaryl/α,β-unsaturated/α-hetero) is 1. The van der Waals surface area contributed by atoms with Gasteiger partial charge in [0.1, 0.15) is 6.29 Å². The molecule has 7 atom stereocenters. The van der Waals surface area contributed by atoms with Gasteiger partial charge in [-0.3, -0.25) is 4.79 Å². The Morgan fingerprint density at radius 1 is 1.13 bits per heavy atom. The smallest absolute Gasteiger partial charge is 0.159 e. The summed E-state index contributed by atoms with van der Waals surface area (Å²) < 4.78 is 0. The van der Waals surface area contributed by atoms with E-state index in [-0.39, 0.29) is 29.1 Å². The van der Waals surface area contributed by atoms with Gasteiger partial charge in [0.05, 0.1) is 17.6 Å². The van der Waals surface area contributed by atoms with Crippen LogP contribution < -0.4 is 0 Å². The summed E-state index contributed by atoms with van der Waals surface area (Å²) in [7, 11) is 0. The van der Waals surface area contributed by atoms with Crippen molar-refractivity contribution in [2.24, 2.45) is 28.6 Å². The van der Waals surface area contributed by atoms with Crippen LogP contribution in [-0.4, -0.2) is 34.5 Å². The lowest BCUT2D eigenvalue weighted by Crippen LogP contribution is -2.55. The molecular formula is C19H26O4. The van der Waals surface area contributed by atoms with E-state index >= 15 is 0 Å². The van der Waals surface area contributed by atoms with Crippen LogP contribution in [0.3, 0.4) is 0 Å². The second kappa shape index (κ2) is 5.00. The Hall–Kier alpha value is -1.00. The zero-order valence-corrected chi connectivity index (χ0v) is 13.7. The minimum atomic E-state index is -0.686. The summed E-state index contributed by atoms with van der Waals surface area (Å²) in [5, 5.41) is 20.3. The second-order valence-corrected chi connectivity index (χ2v) is 8.49. The number of aliphatic hydroxyl groups excluding tert-OH is 2. The Balaban J connectivity index is 1.77. The van der Waals surface area contributed by atoms with Gasteiger partial charge < -0.3 is 15.0 Å². The highest BCUT2D eigenvalue weighted by molar-refractivity contribution is 6.02. The molecule has 0 aromatic rings. The predicted octanol–water partition coefficient (Wildman–Crippen LogP) is 2.03. The first-order valence-corrected chi connectivity index (χ1v) is 9.00. The number of hydrogen-bond acceptors (Lipinski definition) is 4. The van der Waals surface area contributed by atoms with Crippen molar-refractivity contribution in [3.63, 3.8) is 0 Å². The Morgan fingerprint density at radius 2 is 1.91 bits per heavy atom. The maximum Gasteiger partial charge on any atom is 0.159 e. The van der Waals surface area contributed by atoms with Crippen LogP contribution in [0.15, 0.2) is 11.6 Å². The van der Waals surface area contributed by atoms with E-state index in [1.807, 2.05) is 0 Å². The molecule has 2 N–H and O–H groups in total. The van der Waals surface area contributed by atoms with Crippen LogP contribution >= 0.6 is 0 Å². The van der Waals surface area contributed by atoms with Crippen LogP contribution in [0.5, 0.6) is 0 Å². The van der Waals surface area contributed by atoms with Gasteiger partial charge in [0.15, 0.2) is 5.78 Å². The number of carbonyl (C=O) groups excluding carboxylic acids is 2. The number of ketones is 1. The molecule has 0 bridgehead atoms. The molecule has 4 nitrogen and oxygen atoms in total. The van der Waals surface area contributed by atoms with Crippen molar-refractivity contribution >= 4 is 12.1 Å². The first kappa shape index (κ1) is 15.5. The Kier molecular flexibility index (Phi) is 3.37. The largest absolute Gasteiger partial charge is 0.393 e. The average Bonchev–Trinajstić information content (AvgIpc) is 2.84. The molecule has 4 aliphatic rings. The molecule has 0 aliphatic heterocycles. The number of carbonyl (C=O) groups is 2. The van der Waals surface area contributed by atoms with Gasteiger partial charge in [0.25, 0.3) is 0 Å². The first-order valence-electron chi connectivity index (χ1n) is 9.00. The van der Waals surface area contributed by atoms with Crippen LogP contribution in [0.2, 0.25) is 0 Å². The zero-order chi connectivity index (χ0) is 16.4. The van der Waals surface area contributed by atoms with Gasteiger partial charge in [-0.05, 0) is 67.8 Å². The number of rotatable bonds is 1. The highest BCUT2D eigenvalue weighted by Crippen LogP contribution is 2.64. The van der Waals surface area contributed by atoms with E-state index in [0.29, 0.717) is 30.8 Å². The molecule has 0 unspecified atom stereocenters. The van der Waals surface area contributed by atoms with Gasteiger partial charge >= 0.3 is 0 Å². The molecule has 3 saturated carbocycles. The fourth-order valence-corrected chi connectivity index (χ4v) is 6.41. The fraction of sp³-hybridized carbons (Fsp3) is 0.789. The van der Waals surface area contributed by atoms with Gasteiger partial charge in [-0.25, -0.2) is 0 Å². The molecule has 0 aromatic carbocycles. The van der Waals surface area contributed by atoms with E-state index in [0.717, 1.165) is 32.0 Å². The van der Waals surface area contributed by atoms with Crippen molar-refractivity contribution in [2.75, 3.05) is 0 Å². The number of fused-ring (bicyclic) bond motifs is 5. The molecule has 0 radical (unpaired) electrons. The zero-order valence-electron chi connectivity index (χ0n) is 13.7. The lowest BCUT2D eigenvalue weighted by atomic mass is 9.47. The minimum absolute atomic E-state index is 0.0442. The summed E-state index contributed by atoms with van der Waals surface area (Å²) in [6.07, 6.45) is 7.00. The number of aldehydes is 1. The topological polar surface area (TPSA) is 74.6 Å². The Morgan fingerprint density at radius 3 is 2.65 bits per heavy atom. The minimum Gasteiger partial charge on any atom is -0.393 e. The van der Waals surface area contributed by atoms with Gasteiger partial charge in [-0.2, -0.15) is 0 Å². The van der Waals surface area contributed by atoms with Gasteiger partial charge in [-0.1, -0.05) is 6.92 Å². The van der Waals surface area contributed by atoms with Crippen LogP contribution in [0.1, 0.15) is 51.9 Å². The van der Waals surface area contributed by atoms with Gasteiger partial charge in [0.2, 0.25) is 0 Å². The van der Waals surface area contributed by atoms with Crippen molar-refractivity contribution in [3.05, 3.63) is 11.6 Å². The van der Waals surface area contributed by atoms with Crippen LogP contribution in [0, 0.1) is 28.6 Å². The van der Waals surface area contributed by atoms with Gasteiger partial charge in [0, 0.05) is 12.0 Å². The van der Waals surface area contributed by atoms with Crippen molar-refractivity contribution in [1.29, 1.82) is 0 Å². The lowest BCUT2D eigenvalue weighted by Gasteiger charge is -2.56. The molecule has 0 aromatic heterocycles. The molecule has 3 fully saturated rings. The van der Waals surface area contributed by atoms with E-state index in [9.17, 15) is 19.8 Å². The summed E-state index contributed by atoms with van der Waals surface area (Å²) >= 11 is 0. The fourth-order valence-electron chi connectivity index (χ4n) is 6.41. The standard InChI is InChI=1S/C19H26O4/c1-18-6-5-14-12(13(18)2-3-17(18)23)9-16(22)15-8-11(21)4-7-19(14,15)10-20/h8,10-14,17,21,23H,2-7,9H2,1H3/t11-,12-,13-,14-,17-,18-,19-/m0/s1. The monoisotopic (exact) mass is 318 g/mol. The third-order valence-corrected chi connectivity index (χ3v) is 7.69. The van der Waals surface area contributed by atoms with Crippen molar-refractivity contribution in [3.8, 4) is 0 Å². The molecule has 0 heterocycles. The van der Waals surface area contributed by atoms with E-state index in [4.69, 9.17) is 0 Å². The van der Waals surface area contributed by atoms with E-state index in [2.05, 4.69) is 6.92 Å². The van der Waals surface area contributed by atoms with Crippen molar-refractivity contribution in [2.45, 2.75) is 64.1 Å². The number of aliphatic hydroxyl groups is 2. The highest BCUT2D eigenvalue weighted by Gasteiger charge is 2.61. The maximum absolute atomic E-state index is 12.8. The summed E-state index contributed by atoms with van der Waals surface area (Å²) in [5.74, 6) is 0.781. The Bertz CT molecular complexity index is 582. The summed E-state index contributed by atoms with van der Waals surface area (Å²) in [5.41, 5.74) is -0.204. The van der Waals surface area contributed by atoms with E-state index < -0.39 is 11.5 Å². The second-order valence-electron chi connectivity index (χ2n) is 8.49. The van der Waals surface area contributed by atoms with Gasteiger partial charge in [-0.15, -0.1) is 0 Å². The SMILES string of the molecule is C[C@]12CC[C@H]3[C@@H](CC(=O)C4=C[C@@H](O)CC[C@@]43C=O)[C@@H]1CC[C@@H]2O. The predicted molar refractivity (Wildman–Crippen MR) is 84.5 cm³/mol. The first-order chi connectivity index (χ1) is 10.9. The third kappa shape index (κ3) is 1.91. The summed E-state index contributed by atoms with van der Waals surface area (Å²) in [6.45, 7) is 2.17. The highest BCUT2D eigenvalue weighted by atomic mass is 16.3. The normalized spacial score (nSPS) is 52.2. The average molecular weight is 318 g/mol. The maximum atomic E-state index is 12.8. The molecule has 4 heteroatoms. The van der Waals surface area contributed by atoms with Crippen LogP contribution in [0.4, 0.5) is 0 Å².